The summed E-state index contributed by atoms with van der Waals surface area (Å²) in [6, 6.07) is 15.3. The minimum Gasteiger partial charge on any atom is -0.134 e. The molecular weight excluding hydrogens is 304 g/mol. The van der Waals surface area contributed by atoms with Crippen LogP contribution in [0.25, 0.3) is 20.5 Å². The monoisotopic (exact) mass is 316 g/mol. The molecule has 0 unspecified atom stereocenters. The molecule has 2 heteroatoms. The summed E-state index contributed by atoms with van der Waals surface area (Å²) in [6.45, 7) is 4.25. The molecule has 0 spiro atoms. The molecule has 3 rings (SSSR count). The van der Waals surface area contributed by atoms with Gasteiger partial charge in [-0.25, -0.2) is 0 Å². The van der Waals surface area contributed by atoms with Crippen LogP contribution in [0.2, 0.25) is 0 Å². The van der Waals surface area contributed by atoms with E-state index in [1.165, 1.54) is 36.1 Å². The van der Waals surface area contributed by atoms with Crippen molar-refractivity contribution in [3.63, 3.8) is 0 Å². The molecule has 2 aromatic carbocycles. The van der Waals surface area contributed by atoms with Crippen LogP contribution in [0.1, 0.15) is 11.1 Å². The van der Waals surface area contributed by atoms with Gasteiger partial charge in [0.15, 0.2) is 0 Å². The maximum absolute atomic E-state index is 3.75. The van der Waals surface area contributed by atoms with Gasteiger partial charge in [-0.05, 0) is 47.5 Å². The summed E-state index contributed by atoms with van der Waals surface area (Å²) >= 11 is 5.60. The van der Waals surface area contributed by atoms with Gasteiger partial charge in [0.1, 0.15) is 0 Å². The van der Waals surface area contributed by atoms with Gasteiger partial charge in [0, 0.05) is 19.4 Å². The fourth-order valence-corrected chi connectivity index (χ4v) is 4.08. The molecule has 0 bridgehead atoms. The van der Waals surface area contributed by atoms with Crippen molar-refractivity contribution in [3.05, 3.63) is 58.1 Å². The molecule has 0 aliphatic heterocycles. The predicted molar refractivity (Wildman–Crippen MR) is 84.4 cm³/mol. The van der Waals surface area contributed by atoms with Crippen LogP contribution in [-0.4, -0.2) is 0 Å². The van der Waals surface area contributed by atoms with Gasteiger partial charge >= 0.3 is 0 Å². The van der Waals surface area contributed by atoms with Gasteiger partial charge in [0.2, 0.25) is 0 Å². The van der Waals surface area contributed by atoms with E-state index in [9.17, 15) is 0 Å². The summed E-state index contributed by atoms with van der Waals surface area (Å²) < 4.78 is 2.55. The summed E-state index contributed by atoms with van der Waals surface area (Å²) in [6.07, 6.45) is 0. The van der Waals surface area contributed by atoms with Crippen molar-refractivity contribution >= 4 is 37.4 Å². The standard InChI is InChI=1S/C16H13BrS/c1-10-3-6-12(7-4-10)16-15(17)13-9-11(2)5-8-14(13)18-16/h3-9H,1-2H3. The number of hydrogen-bond acceptors (Lipinski definition) is 1. The van der Waals surface area contributed by atoms with E-state index >= 15 is 0 Å². The largest absolute Gasteiger partial charge is 0.134 e. The minimum absolute atomic E-state index is 1.22. The fraction of sp³-hybridized carbons (Fsp3) is 0.125. The van der Waals surface area contributed by atoms with E-state index in [2.05, 4.69) is 72.2 Å². The molecule has 0 atom stereocenters. The highest BCUT2D eigenvalue weighted by Gasteiger charge is 2.11. The Kier molecular flexibility index (Phi) is 3.00. The highest BCUT2D eigenvalue weighted by molar-refractivity contribution is 9.10. The lowest BCUT2D eigenvalue weighted by Crippen LogP contribution is -1.75. The van der Waals surface area contributed by atoms with Crippen molar-refractivity contribution < 1.29 is 0 Å². The quantitative estimate of drug-likeness (QED) is 0.520. The zero-order valence-corrected chi connectivity index (χ0v) is 12.7. The van der Waals surface area contributed by atoms with Crippen LogP contribution in [-0.2, 0) is 0 Å². The van der Waals surface area contributed by atoms with E-state index in [0.717, 1.165) is 0 Å². The SMILES string of the molecule is Cc1ccc(-c2sc3ccc(C)cc3c2Br)cc1. The summed E-state index contributed by atoms with van der Waals surface area (Å²) in [5.41, 5.74) is 3.88. The number of halogens is 1. The highest BCUT2D eigenvalue weighted by Crippen LogP contribution is 2.42. The van der Waals surface area contributed by atoms with Crippen molar-refractivity contribution in [1.29, 1.82) is 0 Å². The van der Waals surface area contributed by atoms with Crippen molar-refractivity contribution in [3.8, 4) is 10.4 Å². The van der Waals surface area contributed by atoms with E-state index in [0.29, 0.717) is 0 Å². The molecule has 0 N–H and O–H groups in total. The Bertz CT molecular complexity index is 708. The van der Waals surface area contributed by atoms with E-state index in [-0.39, 0.29) is 0 Å². The smallest absolute Gasteiger partial charge is 0.0497 e. The maximum Gasteiger partial charge on any atom is 0.0497 e. The number of aryl methyl sites for hydroxylation is 2. The zero-order valence-electron chi connectivity index (χ0n) is 10.3. The number of thiophene rings is 1. The zero-order chi connectivity index (χ0) is 12.7. The average molecular weight is 317 g/mol. The van der Waals surface area contributed by atoms with Crippen molar-refractivity contribution in [1.82, 2.24) is 0 Å². The molecule has 1 aromatic heterocycles. The Balaban J connectivity index is 2.23. The second-order valence-corrected chi connectivity index (χ2v) is 6.46. The van der Waals surface area contributed by atoms with Crippen molar-refractivity contribution in [2.45, 2.75) is 13.8 Å². The first kappa shape index (κ1) is 11.9. The van der Waals surface area contributed by atoms with Gasteiger partial charge in [-0.2, -0.15) is 0 Å². The third-order valence-corrected chi connectivity index (χ3v) is 5.40. The summed E-state index contributed by atoms with van der Waals surface area (Å²) in [7, 11) is 0. The van der Waals surface area contributed by atoms with E-state index < -0.39 is 0 Å². The minimum atomic E-state index is 1.22. The van der Waals surface area contributed by atoms with Gasteiger partial charge in [-0.3, -0.25) is 0 Å². The molecule has 0 aliphatic rings. The fourth-order valence-electron chi connectivity index (χ4n) is 2.07. The second kappa shape index (κ2) is 4.52. The molecule has 0 nitrogen and oxygen atoms in total. The van der Waals surface area contributed by atoms with Gasteiger partial charge in [0.05, 0.1) is 0 Å². The normalized spacial score (nSPS) is 11.1. The van der Waals surface area contributed by atoms with Crippen LogP contribution in [0.5, 0.6) is 0 Å². The first-order chi connectivity index (χ1) is 8.65. The lowest BCUT2D eigenvalue weighted by Gasteiger charge is -1.99. The molecule has 0 amide bonds. The van der Waals surface area contributed by atoms with Crippen LogP contribution >= 0.6 is 27.3 Å². The predicted octanol–water partition coefficient (Wildman–Crippen LogP) is 5.95. The lowest BCUT2D eigenvalue weighted by molar-refractivity contribution is 1.47. The van der Waals surface area contributed by atoms with Crippen molar-refractivity contribution in [2.75, 3.05) is 0 Å². The van der Waals surface area contributed by atoms with Gasteiger partial charge < -0.3 is 0 Å². The Morgan fingerprint density at radius 1 is 0.889 bits per heavy atom. The number of fused-ring (bicyclic) bond motifs is 1. The average Bonchev–Trinajstić information content (AvgIpc) is 2.68. The van der Waals surface area contributed by atoms with Crippen molar-refractivity contribution in [2.24, 2.45) is 0 Å². The molecule has 90 valence electrons. The maximum atomic E-state index is 3.75. The summed E-state index contributed by atoms with van der Waals surface area (Å²) in [5, 5.41) is 1.32. The van der Waals surface area contributed by atoms with Crippen LogP contribution in [0.4, 0.5) is 0 Å². The first-order valence-electron chi connectivity index (χ1n) is 5.91. The molecule has 0 radical (unpaired) electrons. The summed E-state index contributed by atoms with van der Waals surface area (Å²) in [4.78, 5) is 1.32. The molecule has 0 saturated carbocycles. The number of hydrogen-bond donors (Lipinski definition) is 0. The molecule has 0 saturated heterocycles. The Hall–Kier alpha value is -1.12. The van der Waals surface area contributed by atoms with Gasteiger partial charge in [-0.15, -0.1) is 11.3 Å². The molecule has 3 aromatic rings. The highest BCUT2D eigenvalue weighted by atomic mass is 79.9. The number of rotatable bonds is 1. The summed E-state index contributed by atoms with van der Waals surface area (Å²) in [5.74, 6) is 0. The molecular formula is C16H13BrS. The third kappa shape index (κ3) is 2.00. The molecule has 18 heavy (non-hydrogen) atoms. The van der Waals surface area contributed by atoms with E-state index in [1.807, 2.05) is 11.3 Å². The Labute approximate surface area is 119 Å². The molecule has 0 aliphatic carbocycles. The van der Waals surface area contributed by atoms with Crippen LogP contribution in [0.15, 0.2) is 46.9 Å². The third-order valence-electron chi connectivity index (χ3n) is 3.10. The molecule has 1 heterocycles. The molecule has 0 fully saturated rings. The second-order valence-electron chi connectivity index (χ2n) is 4.61. The first-order valence-corrected chi connectivity index (χ1v) is 7.52. The van der Waals surface area contributed by atoms with Gasteiger partial charge in [0.25, 0.3) is 0 Å². The van der Waals surface area contributed by atoms with Crippen LogP contribution in [0, 0.1) is 13.8 Å². The van der Waals surface area contributed by atoms with Crippen LogP contribution < -0.4 is 0 Å². The number of benzene rings is 2. The Morgan fingerprint density at radius 3 is 2.28 bits per heavy atom. The van der Waals surface area contributed by atoms with Crippen LogP contribution in [0.3, 0.4) is 0 Å². The topological polar surface area (TPSA) is 0 Å². The van der Waals surface area contributed by atoms with E-state index in [4.69, 9.17) is 0 Å². The van der Waals surface area contributed by atoms with Gasteiger partial charge in [-0.1, -0.05) is 41.5 Å². The Morgan fingerprint density at radius 2 is 1.56 bits per heavy atom. The van der Waals surface area contributed by atoms with E-state index in [1.54, 1.807) is 0 Å². The lowest BCUT2D eigenvalue weighted by atomic mass is 10.1.